The van der Waals surface area contributed by atoms with E-state index in [9.17, 15) is 18.0 Å². The maximum absolute atomic E-state index is 12.9. The van der Waals surface area contributed by atoms with Gasteiger partial charge in [-0.1, -0.05) is 6.07 Å². The molecule has 0 aromatic carbocycles. The molecule has 2 amide bonds. The minimum atomic E-state index is -3.23. The highest BCUT2D eigenvalue weighted by Crippen LogP contribution is 2.42. The minimum absolute atomic E-state index is 0.0788. The lowest BCUT2D eigenvalue weighted by Gasteiger charge is -2.29. The van der Waals surface area contributed by atoms with Crippen LogP contribution in [0.3, 0.4) is 0 Å². The fraction of sp³-hybridized carbons (Fsp3) is 0.500. The molecule has 1 saturated heterocycles. The molecular formula is C18H23N5O4S2. The normalized spacial score (nSPS) is 20.9. The lowest BCUT2D eigenvalue weighted by Crippen LogP contribution is -2.41. The number of fused-ring (bicyclic) bond motifs is 1. The molecule has 0 unspecified atom stereocenters. The fourth-order valence-electron chi connectivity index (χ4n) is 3.98. The molecule has 0 spiro atoms. The first kappa shape index (κ1) is 20.0. The molecule has 2 aromatic heterocycles. The second-order valence-electron chi connectivity index (χ2n) is 7.48. The van der Waals surface area contributed by atoms with Crippen molar-refractivity contribution in [2.75, 3.05) is 30.0 Å². The predicted molar refractivity (Wildman–Crippen MR) is 110 cm³/mol. The molecule has 0 aliphatic carbocycles. The molecule has 2 aromatic rings. The summed E-state index contributed by atoms with van der Waals surface area (Å²) in [6.45, 7) is 0.677. The third kappa shape index (κ3) is 3.94. The van der Waals surface area contributed by atoms with E-state index in [-0.39, 0.29) is 23.7 Å². The number of aromatic nitrogens is 2. The summed E-state index contributed by atoms with van der Waals surface area (Å²) in [5, 5.41) is 12.2. The number of carbonyl (C=O) groups is 2. The van der Waals surface area contributed by atoms with E-state index in [4.69, 9.17) is 0 Å². The van der Waals surface area contributed by atoms with E-state index in [0.29, 0.717) is 44.0 Å². The molecule has 0 saturated carbocycles. The third-order valence-electron chi connectivity index (χ3n) is 5.50. The van der Waals surface area contributed by atoms with E-state index in [2.05, 4.69) is 15.7 Å². The van der Waals surface area contributed by atoms with Gasteiger partial charge >= 0.3 is 0 Å². The number of hydrogen-bond donors (Lipinski definition) is 2. The van der Waals surface area contributed by atoms with Gasteiger partial charge in [0.15, 0.2) is 5.82 Å². The summed E-state index contributed by atoms with van der Waals surface area (Å²) >= 11 is 1.57. The quantitative estimate of drug-likeness (QED) is 0.754. The number of piperidine rings is 1. The van der Waals surface area contributed by atoms with Crippen LogP contribution in [0.1, 0.15) is 35.6 Å². The van der Waals surface area contributed by atoms with E-state index in [1.165, 1.54) is 10.6 Å². The Balaban J connectivity index is 1.55. The smallest absolute Gasteiger partial charge is 0.228 e. The Morgan fingerprint density at radius 1 is 1.34 bits per heavy atom. The van der Waals surface area contributed by atoms with Crippen molar-refractivity contribution in [1.82, 2.24) is 14.1 Å². The average molecular weight is 438 g/mol. The average Bonchev–Trinajstić information content (AvgIpc) is 3.30. The highest BCUT2D eigenvalue weighted by molar-refractivity contribution is 7.88. The molecule has 0 radical (unpaired) electrons. The molecule has 4 rings (SSSR count). The van der Waals surface area contributed by atoms with Crippen LogP contribution in [0.25, 0.3) is 0 Å². The molecule has 2 aliphatic heterocycles. The molecule has 1 fully saturated rings. The number of carbonyl (C=O) groups excluding carboxylic acids is 2. The van der Waals surface area contributed by atoms with E-state index in [1.54, 1.807) is 23.1 Å². The zero-order valence-electron chi connectivity index (χ0n) is 16.2. The van der Waals surface area contributed by atoms with Crippen LogP contribution in [-0.2, 0) is 26.7 Å². The molecular weight excluding hydrogens is 414 g/mol. The Morgan fingerprint density at radius 2 is 2.07 bits per heavy atom. The van der Waals surface area contributed by atoms with Crippen molar-refractivity contribution < 1.29 is 18.0 Å². The van der Waals surface area contributed by atoms with Crippen molar-refractivity contribution in [2.45, 2.75) is 25.2 Å². The number of nitrogens with one attached hydrogen (secondary N) is 2. The van der Waals surface area contributed by atoms with E-state index in [0.717, 1.165) is 10.4 Å². The van der Waals surface area contributed by atoms with Gasteiger partial charge < -0.3 is 10.6 Å². The number of thiophene rings is 1. The van der Waals surface area contributed by atoms with Gasteiger partial charge in [-0.15, -0.1) is 11.3 Å². The largest absolute Gasteiger partial charge is 0.311 e. The van der Waals surface area contributed by atoms with Crippen LogP contribution >= 0.6 is 11.3 Å². The maximum atomic E-state index is 12.9. The van der Waals surface area contributed by atoms with Gasteiger partial charge in [-0.3, -0.25) is 14.3 Å². The molecule has 4 heterocycles. The van der Waals surface area contributed by atoms with Crippen molar-refractivity contribution >= 4 is 44.8 Å². The van der Waals surface area contributed by atoms with Crippen molar-refractivity contribution in [2.24, 2.45) is 13.0 Å². The second kappa shape index (κ2) is 7.54. The number of rotatable bonds is 4. The van der Waals surface area contributed by atoms with E-state index >= 15 is 0 Å². The maximum Gasteiger partial charge on any atom is 0.228 e. The molecule has 9 nitrogen and oxygen atoms in total. The Labute approximate surface area is 173 Å². The summed E-state index contributed by atoms with van der Waals surface area (Å²) in [7, 11) is -1.50. The Bertz CT molecular complexity index is 1040. The number of hydrogen-bond acceptors (Lipinski definition) is 6. The molecule has 1 atom stereocenters. The van der Waals surface area contributed by atoms with Crippen LogP contribution in [-0.4, -0.2) is 53.7 Å². The lowest BCUT2D eigenvalue weighted by atomic mass is 9.91. The van der Waals surface area contributed by atoms with Crippen molar-refractivity contribution in [3.63, 3.8) is 0 Å². The standard InChI is InChI=1S/C18H23N5O4S2/c1-22-17-15(12(10-14(24)19-17)13-4-3-9-28-13)16(21-22)20-18(25)11-5-7-23(8-6-11)29(2,26)27/h3-4,9,11-12H,5-8,10H2,1-2H3,(H,19,24)(H,20,21,25)/t12-/m1/s1. The highest BCUT2D eigenvalue weighted by Gasteiger charge is 2.35. The molecule has 11 heteroatoms. The Kier molecular flexibility index (Phi) is 5.21. The molecule has 0 bridgehead atoms. The second-order valence-corrected chi connectivity index (χ2v) is 10.4. The number of sulfonamides is 1. The van der Waals surface area contributed by atoms with Crippen LogP contribution in [0.4, 0.5) is 11.6 Å². The van der Waals surface area contributed by atoms with Gasteiger partial charge in [0, 0.05) is 48.8 Å². The van der Waals surface area contributed by atoms with Crippen LogP contribution in [0, 0.1) is 5.92 Å². The summed E-state index contributed by atoms with van der Waals surface area (Å²) in [6.07, 6.45) is 2.43. The van der Waals surface area contributed by atoms with Crippen LogP contribution in [0.15, 0.2) is 17.5 Å². The van der Waals surface area contributed by atoms with E-state index < -0.39 is 10.0 Å². The molecule has 156 valence electrons. The highest BCUT2D eigenvalue weighted by atomic mass is 32.2. The van der Waals surface area contributed by atoms with Gasteiger partial charge in [0.25, 0.3) is 0 Å². The topological polar surface area (TPSA) is 113 Å². The van der Waals surface area contributed by atoms with Crippen molar-refractivity contribution in [1.29, 1.82) is 0 Å². The Hall–Kier alpha value is -2.24. The summed E-state index contributed by atoms with van der Waals surface area (Å²) < 4.78 is 26.3. The summed E-state index contributed by atoms with van der Waals surface area (Å²) in [4.78, 5) is 26.1. The monoisotopic (exact) mass is 437 g/mol. The van der Waals surface area contributed by atoms with E-state index in [1.807, 2.05) is 17.5 Å². The minimum Gasteiger partial charge on any atom is -0.311 e. The summed E-state index contributed by atoms with van der Waals surface area (Å²) in [5.74, 6) is 0.378. The fourth-order valence-corrected chi connectivity index (χ4v) is 5.69. The molecule has 2 aliphatic rings. The first-order valence-corrected chi connectivity index (χ1v) is 12.1. The predicted octanol–water partition coefficient (Wildman–Crippen LogP) is 1.57. The summed E-state index contributed by atoms with van der Waals surface area (Å²) in [6, 6.07) is 3.92. The van der Waals surface area contributed by atoms with Crippen molar-refractivity contribution in [3.05, 3.63) is 28.0 Å². The lowest BCUT2D eigenvalue weighted by molar-refractivity contribution is -0.121. The van der Waals surface area contributed by atoms with Gasteiger partial charge in [-0.2, -0.15) is 5.10 Å². The van der Waals surface area contributed by atoms with Gasteiger partial charge in [-0.05, 0) is 24.3 Å². The van der Waals surface area contributed by atoms with Gasteiger partial charge in [0.2, 0.25) is 21.8 Å². The third-order valence-corrected chi connectivity index (χ3v) is 7.79. The van der Waals surface area contributed by atoms with Crippen molar-refractivity contribution in [3.8, 4) is 0 Å². The first-order chi connectivity index (χ1) is 13.7. The van der Waals surface area contributed by atoms with Gasteiger partial charge in [0.1, 0.15) is 5.82 Å². The molecule has 29 heavy (non-hydrogen) atoms. The van der Waals surface area contributed by atoms with Crippen LogP contribution in [0.5, 0.6) is 0 Å². The summed E-state index contributed by atoms with van der Waals surface area (Å²) in [5.41, 5.74) is 0.816. The number of aryl methyl sites for hydroxylation is 1. The van der Waals surface area contributed by atoms with Gasteiger partial charge in [-0.25, -0.2) is 12.7 Å². The number of anilines is 2. The zero-order valence-corrected chi connectivity index (χ0v) is 17.8. The SMILES string of the molecule is Cn1nc(NC(=O)C2CCN(S(C)(=O)=O)CC2)c2c1NC(=O)C[C@@H]2c1cccs1. The Morgan fingerprint density at radius 3 is 2.69 bits per heavy atom. The van der Waals surface area contributed by atoms with Gasteiger partial charge in [0.05, 0.1) is 6.26 Å². The number of amides is 2. The number of nitrogens with zero attached hydrogens (tertiary/aromatic N) is 3. The van der Waals surface area contributed by atoms with Crippen LogP contribution < -0.4 is 10.6 Å². The molecule has 2 N–H and O–H groups in total. The zero-order chi connectivity index (χ0) is 20.8. The van der Waals surface area contributed by atoms with Crippen LogP contribution in [0.2, 0.25) is 0 Å². The first-order valence-electron chi connectivity index (χ1n) is 9.40.